The first-order valence-electron chi connectivity index (χ1n) is 9.06. The summed E-state index contributed by atoms with van der Waals surface area (Å²) in [6.07, 6.45) is 6.39. The maximum absolute atomic E-state index is 6.22. The van der Waals surface area contributed by atoms with Crippen molar-refractivity contribution in [3.63, 3.8) is 0 Å². The van der Waals surface area contributed by atoms with E-state index in [1.165, 1.54) is 30.4 Å². The number of fused-ring (bicyclic) bond motifs is 1. The number of hydrogen-bond donors (Lipinski definition) is 1. The van der Waals surface area contributed by atoms with Gasteiger partial charge in [0.15, 0.2) is 0 Å². The van der Waals surface area contributed by atoms with E-state index < -0.39 is 0 Å². The summed E-state index contributed by atoms with van der Waals surface area (Å²) in [6, 6.07) is 6.66. The molecule has 3 rings (SSSR count). The average molecular weight is 317 g/mol. The van der Waals surface area contributed by atoms with Gasteiger partial charge in [0.2, 0.25) is 0 Å². The molecule has 1 atom stereocenters. The molecule has 2 aliphatic rings. The second kappa shape index (κ2) is 6.82. The van der Waals surface area contributed by atoms with E-state index >= 15 is 0 Å². The normalized spacial score (nSPS) is 30.0. The van der Waals surface area contributed by atoms with Gasteiger partial charge >= 0.3 is 0 Å². The quantitative estimate of drug-likeness (QED) is 0.896. The minimum Gasteiger partial charge on any atom is -0.493 e. The zero-order chi connectivity index (χ0) is 16.4. The SMILES string of the molecule is COC1CCC2(CC1)Cc1ccc(OCC(C)C)cc1C2CN. The Morgan fingerprint density at radius 2 is 2.00 bits per heavy atom. The topological polar surface area (TPSA) is 44.5 Å². The molecule has 1 fully saturated rings. The highest BCUT2D eigenvalue weighted by Crippen LogP contribution is 2.55. The first kappa shape index (κ1) is 16.8. The fourth-order valence-corrected chi connectivity index (χ4v) is 4.55. The highest BCUT2D eigenvalue weighted by atomic mass is 16.5. The first-order chi connectivity index (χ1) is 11.1. The molecular weight excluding hydrogens is 286 g/mol. The summed E-state index contributed by atoms with van der Waals surface area (Å²) in [7, 11) is 1.84. The molecule has 0 bridgehead atoms. The van der Waals surface area contributed by atoms with Crippen molar-refractivity contribution in [1.82, 2.24) is 0 Å². The lowest BCUT2D eigenvalue weighted by molar-refractivity contribution is 0.0210. The third-order valence-electron chi connectivity index (χ3n) is 5.86. The molecule has 3 heteroatoms. The lowest BCUT2D eigenvalue weighted by Gasteiger charge is -2.41. The van der Waals surface area contributed by atoms with E-state index in [9.17, 15) is 0 Å². The minimum absolute atomic E-state index is 0.350. The molecule has 128 valence electrons. The molecule has 0 radical (unpaired) electrons. The Bertz CT molecular complexity index is 532. The Labute approximate surface area is 140 Å². The van der Waals surface area contributed by atoms with Gasteiger partial charge in [-0.1, -0.05) is 19.9 Å². The third kappa shape index (κ3) is 3.27. The van der Waals surface area contributed by atoms with Crippen LogP contribution >= 0.6 is 0 Å². The molecule has 0 saturated heterocycles. The molecule has 1 spiro atoms. The van der Waals surface area contributed by atoms with E-state index in [-0.39, 0.29) is 0 Å². The summed E-state index contributed by atoms with van der Waals surface area (Å²) in [5.74, 6) is 2.01. The molecule has 2 aliphatic carbocycles. The summed E-state index contributed by atoms with van der Waals surface area (Å²) < 4.78 is 11.5. The van der Waals surface area contributed by atoms with E-state index in [0.717, 1.165) is 31.7 Å². The molecule has 1 saturated carbocycles. The maximum Gasteiger partial charge on any atom is 0.119 e. The number of ether oxygens (including phenoxy) is 2. The maximum atomic E-state index is 6.22. The van der Waals surface area contributed by atoms with Crippen molar-refractivity contribution in [3.05, 3.63) is 29.3 Å². The summed E-state index contributed by atoms with van der Waals surface area (Å²) in [5.41, 5.74) is 9.49. The standard InChI is InChI=1S/C20H31NO2/c1-14(2)13-23-17-5-4-15-11-20(19(12-21)18(15)10-17)8-6-16(22-3)7-9-20/h4-5,10,14,16,19H,6-9,11-13,21H2,1-3H3. The predicted molar refractivity (Wildman–Crippen MR) is 94.0 cm³/mol. The Morgan fingerprint density at radius 1 is 1.26 bits per heavy atom. The van der Waals surface area contributed by atoms with Crippen molar-refractivity contribution in [2.24, 2.45) is 17.1 Å². The van der Waals surface area contributed by atoms with Crippen molar-refractivity contribution in [1.29, 1.82) is 0 Å². The minimum atomic E-state index is 0.350. The Balaban J connectivity index is 1.80. The molecule has 1 aromatic rings. The van der Waals surface area contributed by atoms with Gasteiger partial charge in [0, 0.05) is 13.0 Å². The molecular formula is C20H31NO2. The Hall–Kier alpha value is -1.06. The Kier molecular flexibility index (Phi) is 4.98. The van der Waals surface area contributed by atoms with E-state index in [1.54, 1.807) is 0 Å². The summed E-state index contributed by atoms with van der Waals surface area (Å²) in [5, 5.41) is 0. The van der Waals surface area contributed by atoms with Crippen molar-refractivity contribution in [3.8, 4) is 5.75 Å². The van der Waals surface area contributed by atoms with Gasteiger partial charge < -0.3 is 15.2 Å². The van der Waals surface area contributed by atoms with Gasteiger partial charge in [-0.15, -0.1) is 0 Å². The summed E-state index contributed by atoms with van der Waals surface area (Å²) >= 11 is 0. The highest BCUT2D eigenvalue weighted by Gasteiger charge is 2.47. The summed E-state index contributed by atoms with van der Waals surface area (Å²) in [6.45, 7) is 5.86. The highest BCUT2D eigenvalue weighted by molar-refractivity contribution is 5.44. The molecule has 1 unspecified atom stereocenters. The van der Waals surface area contributed by atoms with Gasteiger partial charge in [-0.25, -0.2) is 0 Å². The van der Waals surface area contributed by atoms with Crippen LogP contribution in [0.25, 0.3) is 0 Å². The van der Waals surface area contributed by atoms with Gasteiger partial charge in [0.1, 0.15) is 5.75 Å². The lowest BCUT2D eigenvalue weighted by Crippen LogP contribution is -2.36. The molecule has 0 aliphatic heterocycles. The van der Waals surface area contributed by atoms with Crippen LogP contribution in [0.5, 0.6) is 5.75 Å². The van der Waals surface area contributed by atoms with Crippen LogP contribution in [0.3, 0.4) is 0 Å². The van der Waals surface area contributed by atoms with E-state index in [0.29, 0.717) is 23.4 Å². The molecule has 0 aromatic heterocycles. The second-order valence-electron chi connectivity index (χ2n) is 7.83. The monoisotopic (exact) mass is 317 g/mol. The van der Waals surface area contributed by atoms with Crippen molar-refractivity contribution >= 4 is 0 Å². The largest absolute Gasteiger partial charge is 0.493 e. The zero-order valence-corrected chi connectivity index (χ0v) is 14.8. The van der Waals surface area contributed by atoms with Crippen LogP contribution in [0.2, 0.25) is 0 Å². The van der Waals surface area contributed by atoms with Crippen LogP contribution in [0, 0.1) is 11.3 Å². The third-order valence-corrected chi connectivity index (χ3v) is 5.86. The van der Waals surface area contributed by atoms with Gasteiger partial charge in [0.05, 0.1) is 12.7 Å². The van der Waals surface area contributed by atoms with Crippen molar-refractivity contribution in [2.75, 3.05) is 20.3 Å². The number of methoxy groups -OCH3 is 1. The average Bonchev–Trinajstić information content (AvgIpc) is 2.85. The van der Waals surface area contributed by atoms with Crippen LogP contribution in [-0.4, -0.2) is 26.4 Å². The van der Waals surface area contributed by atoms with E-state index in [4.69, 9.17) is 15.2 Å². The van der Waals surface area contributed by atoms with Crippen LogP contribution < -0.4 is 10.5 Å². The van der Waals surface area contributed by atoms with E-state index in [1.807, 2.05) is 7.11 Å². The van der Waals surface area contributed by atoms with Gasteiger partial charge in [-0.2, -0.15) is 0 Å². The predicted octanol–water partition coefficient (Wildman–Crippen LogP) is 3.90. The fourth-order valence-electron chi connectivity index (χ4n) is 4.55. The lowest BCUT2D eigenvalue weighted by atomic mass is 9.65. The molecule has 0 heterocycles. The number of nitrogens with two attached hydrogens (primary N) is 1. The number of benzene rings is 1. The zero-order valence-electron chi connectivity index (χ0n) is 14.8. The molecule has 0 amide bonds. The van der Waals surface area contributed by atoms with Crippen molar-refractivity contribution < 1.29 is 9.47 Å². The van der Waals surface area contributed by atoms with E-state index in [2.05, 4.69) is 32.0 Å². The van der Waals surface area contributed by atoms with Crippen LogP contribution in [0.4, 0.5) is 0 Å². The van der Waals surface area contributed by atoms with Gasteiger partial charge in [-0.3, -0.25) is 0 Å². The van der Waals surface area contributed by atoms with Crippen LogP contribution in [0.15, 0.2) is 18.2 Å². The second-order valence-corrected chi connectivity index (χ2v) is 7.83. The molecule has 23 heavy (non-hydrogen) atoms. The molecule has 2 N–H and O–H groups in total. The fraction of sp³-hybridized carbons (Fsp3) is 0.700. The van der Waals surface area contributed by atoms with Crippen LogP contribution in [-0.2, 0) is 11.2 Å². The smallest absolute Gasteiger partial charge is 0.119 e. The number of hydrogen-bond acceptors (Lipinski definition) is 3. The summed E-state index contributed by atoms with van der Waals surface area (Å²) in [4.78, 5) is 0. The van der Waals surface area contributed by atoms with Crippen molar-refractivity contribution in [2.45, 2.75) is 58.0 Å². The Morgan fingerprint density at radius 3 is 2.61 bits per heavy atom. The van der Waals surface area contributed by atoms with Gasteiger partial charge in [0.25, 0.3) is 0 Å². The van der Waals surface area contributed by atoms with Crippen LogP contribution in [0.1, 0.15) is 56.6 Å². The number of rotatable bonds is 5. The molecule has 3 nitrogen and oxygen atoms in total. The first-order valence-corrected chi connectivity index (χ1v) is 9.06. The molecule has 1 aromatic carbocycles. The van der Waals surface area contributed by atoms with Gasteiger partial charge in [-0.05, 0) is 73.2 Å².